The molecule has 1 aliphatic heterocycles. The number of fused-ring (bicyclic) bond motifs is 1. The molecule has 3 nitrogen and oxygen atoms in total. The van der Waals surface area contributed by atoms with Gasteiger partial charge in [0, 0.05) is 18.8 Å². The minimum atomic E-state index is -4.27. The van der Waals surface area contributed by atoms with E-state index in [4.69, 9.17) is 0 Å². The number of hydrogen-bond acceptors (Lipinski definition) is 3. The zero-order chi connectivity index (χ0) is 20.4. The first-order valence-electron chi connectivity index (χ1n) is 9.87. The standard InChI is InChI=1S/C22H22F3N2OS/c23-22(24,25)17-6-4-15(5-7-17)2-1-3-16-10-12-27(13-11-16)18-8-9-20-19(14-18)26-21(28)29-20/h4-9,14,16H,1-3,10-13H2. The largest absolute Gasteiger partial charge is 0.416 e. The molecular formula is C22H22F3N2OS. The lowest BCUT2D eigenvalue weighted by molar-refractivity contribution is -0.137. The predicted octanol–water partition coefficient (Wildman–Crippen LogP) is 6.70. The molecule has 2 heterocycles. The molecule has 29 heavy (non-hydrogen) atoms. The monoisotopic (exact) mass is 419 g/mol. The van der Waals surface area contributed by atoms with Crippen LogP contribution in [0.5, 0.6) is 5.19 Å². The van der Waals surface area contributed by atoms with Crippen LogP contribution in [-0.4, -0.2) is 18.1 Å². The fourth-order valence-electron chi connectivity index (χ4n) is 4.03. The summed E-state index contributed by atoms with van der Waals surface area (Å²) in [4.78, 5) is 6.39. The highest BCUT2D eigenvalue weighted by Crippen LogP contribution is 2.33. The highest BCUT2D eigenvalue weighted by Gasteiger charge is 2.29. The van der Waals surface area contributed by atoms with E-state index in [-0.39, 0.29) is 5.19 Å². The quantitative estimate of drug-likeness (QED) is 0.461. The van der Waals surface area contributed by atoms with E-state index in [1.54, 1.807) is 12.1 Å². The van der Waals surface area contributed by atoms with E-state index in [1.165, 1.54) is 23.5 Å². The van der Waals surface area contributed by atoms with Crippen molar-refractivity contribution in [3.05, 3.63) is 53.6 Å². The van der Waals surface area contributed by atoms with Crippen molar-refractivity contribution in [2.75, 3.05) is 18.0 Å². The topological polar surface area (TPSA) is 36.0 Å². The van der Waals surface area contributed by atoms with Gasteiger partial charge < -0.3 is 4.90 Å². The summed E-state index contributed by atoms with van der Waals surface area (Å²) >= 11 is 1.18. The minimum Gasteiger partial charge on any atom is -0.371 e. The first-order chi connectivity index (χ1) is 13.9. The number of nitrogens with zero attached hydrogens (tertiary/aromatic N) is 2. The summed E-state index contributed by atoms with van der Waals surface area (Å²) in [5.41, 5.74) is 2.27. The molecule has 1 saturated heterocycles. The van der Waals surface area contributed by atoms with Crippen LogP contribution < -0.4 is 4.90 Å². The summed E-state index contributed by atoms with van der Waals surface area (Å²) in [6, 6.07) is 11.6. The Morgan fingerprint density at radius 3 is 2.48 bits per heavy atom. The molecule has 1 aromatic heterocycles. The van der Waals surface area contributed by atoms with Gasteiger partial charge in [-0.15, -0.1) is 0 Å². The normalized spacial score (nSPS) is 15.9. The smallest absolute Gasteiger partial charge is 0.371 e. The molecule has 0 atom stereocenters. The van der Waals surface area contributed by atoms with Gasteiger partial charge in [0.15, 0.2) is 0 Å². The van der Waals surface area contributed by atoms with Crippen molar-refractivity contribution >= 4 is 27.2 Å². The van der Waals surface area contributed by atoms with Gasteiger partial charge in [-0.05, 0) is 73.9 Å². The molecule has 3 aromatic rings. The first-order valence-corrected chi connectivity index (χ1v) is 10.7. The lowest BCUT2D eigenvalue weighted by atomic mass is 9.90. The second-order valence-corrected chi connectivity index (χ2v) is 8.64. The number of halogens is 3. The third-order valence-electron chi connectivity index (χ3n) is 5.69. The van der Waals surface area contributed by atoms with Crippen LogP contribution >= 0.6 is 11.3 Å². The van der Waals surface area contributed by atoms with Crippen molar-refractivity contribution in [1.82, 2.24) is 4.98 Å². The molecule has 4 rings (SSSR count). The Balaban J connectivity index is 1.24. The fourth-order valence-corrected chi connectivity index (χ4v) is 4.70. The molecule has 0 amide bonds. The Kier molecular flexibility index (Phi) is 5.67. The summed E-state index contributed by atoms with van der Waals surface area (Å²) in [5, 5.41) is 11.3. The average molecular weight is 419 g/mol. The highest BCUT2D eigenvalue weighted by atomic mass is 32.1. The maximum Gasteiger partial charge on any atom is 0.416 e. The molecule has 0 bridgehead atoms. The number of aromatic nitrogens is 1. The summed E-state index contributed by atoms with van der Waals surface area (Å²) in [7, 11) is 0. The second kappa shape index (κ2) is 8.22. The van der Waals surface area contributed by atoms with Crippen LogP contribution in [0.15, 0.2) is 42.5 Å². The van der Waals surface area contributed by atoms with Crippen LogP contribution in [0.1, 0.15) is 36.8 Å². The van der Waals surface area contributed by atoms with Crippen LogP contribution in [-0.2, 0) is 17.7 Å². The van der Waals surface area contributed by atoms with Crippen molar-refractivity contribution in [2.24, 2.45) is 5.92 Å². The third kappa shape index (κ3) is 4.83. The van der Waals surface area contributed by atoms with E-state index in [1.807, 2.05) is 12.1 Å². The van der Waals surface area contributed by atoms with E-state index in [0.29, 0.717) is 5.92 Å². The maximum atomic E-state index is 12.6. The van der Waals surface area contributed by atoms with Crippen LogP contribution in [0.25, 0.3) is 10.2 Å². The van der Waals surface area contributed by atoms with Crippen LogP contribution in [0.4, 0.5) is 18.9 Å². The predicted molar refractivity (Wildman–Crippen MR) is 109 cm³/mol. The van der Waals surface area contributed by atoms with E-state index in [2.05, 4.69) is 16.0 Å². The summed E-state index contributed by atoms with van der Waals surface area (Å²) < 4.78 is 38.8. The Labute approximate surface area is 171 Å². The number of anilines is 1. The van der Waals surface area contributed by atoms with Gasteiger partial charge in [0.1, 0.15) is 0 Å². The van der Waals surface area contributed by atoms with Crippen molar-refractivity contribution in [3.63, 3.8) is 0 Å². The SMILES string of the molecule is [O]c1nc2cc(N3CCC(CCCc4ccc(C(F)(F)F)cc4)CC3)ccc2s1. The van der Waals surface area contributed by atoms with E-state index in [9.17, 15) is 18.3 Å². The third-order valence-corrected chi connectivity index (χ3v) is 6.52. The second-order valence-electron chi connectivity index (χ2n) is 7.65. The van der Waals surface area contributed by atoms with Crippen LogP contribution in [0, 0.1) is 5.92 Å². The van der Waals surface area contributed by atoms with Crippen molar-refractivity contribution in [1.29, 1.82) is 0 Å². The van der Waals surface area contributed by atoms with Gasteiger partial charge in [0.2, 0.25) is 0 Å². The zero-order valence-electron chi connectivity index (χ0n) is 15.9. The van der Waals surface area contributed by atoms with Gasteiger partial charge in [0.25, 0.3) is 0 Å². The van der Waals surface area contributed by atoms with Crippen LogP contribution in [0.3, 0.4) is 0 Å². The number of aryl methyl sites for hydroxylation is 1. The number of piperidine rings is 1. The molecule has 7 heteroatoms. The highest BCUT2D eigenvalue weighted by molar-refractivity contribution is 7.20. The van der Waals surface area contributed by atoms with E-state index < -0.39 is 11.7 Å². The lowest BCUT2D eigenvalue weighted by Gasteiger charge is -2.33. The Bertz CT molecular complexity index is 960. The Morgan fingerprint density at radius 2 is 1.79 bits per heavy atom. The molecule has 0 spiro atoms. The molecule has 153 valence electrons. The number of hydrogen-bond donors (Lipinski definition) is 0. The lowest BCUT2D eigenvalue weighted by Crippen LogP contribution is -2.33. The Morgan fingerprint density at radius 1 is 1.07 bits per heavy atom. The molecule has 0 N–H and O–H groups in total. The summed E-state index contributed by atoms with van der Waals surface area (Å²) in [6.45, 7) is 1.95. The zero-order valence-corrected chi connectivity index (χ0v) is 16.7. The summed E-state index contributed by atoms with van der Waals surface area (Å²) in [5.74, 6) is 0.650. The fraction of sp³-hybridized carbons (Fsp3) is 0.409. The van der Waals surface area contributed by atoms with Gasteiger partial charge in [0.05, 0.1) is 15.8 Å². The van der Waals surface area contributed by atoms with Gasteiger partial charge in [-0.1, -0.05) is 23.5 Å². The molecule has 1 aliphatic rings. The van der Waals surface area contributed by atoms with Gasteiger partial charge in [-0.3, -0.25) is 5.11 Å². The molecule has 1 radical (unpaired) electrons. The number of benzene rings is 2. The van der Waals surface area contributed by atoms with Gasteiger partial charge >= 0.3 is 11.4 Å². The van der Waals surface area contributed by atoms with E-state index >= 15 is 0 Å². The van der Waals surface area contributed by atoms with Crippen LogP contribution in [0.2, 0.25) is 0 Å². The average Bonchev–Trinajstić information content (AvgIpc) is 3.07. The molecule has 0 aliphatic carbocycles. The van der Waals surface area contributed by atoms with Crippen molar-refractivity contribution in [3.8, 4) is 5.19 Å². The van der Waals surface area contributed by atoms with Crippen molar-refractivity contribution < 1.29 is 18.3 Å². The Hall–Kier alpha value is -2.28. The molecule has 2 aromatic carbocycles. The van der Waals surface area contributed by atoms with E-state index in [0.717, 1.165) is 66.7 Å². The minimum absolute atomic E-state index is 0.149. The van der Waals surface area contributed by atoms with Gasteiger partial charge in [-0.2, -0.15) is 18.2 Å². The molecular weight excluding hydrogens is 397 g/mol. The molecule has 0 unspecified atom stereocenters. The first kappa shape index (κ1) is 20.0. The number of rotatable bonds is 5. The van der Waals surface area contributed by atoms with Crippen molar-refractivity contribution in [2.45, 2.75) is 38.3 Å². The number of thiazole rings is 1. The molecule has 0 saturated carbocycles. The summed E-state index contributed by atoms with van der Waals surface area (Å²) in [6.07, 6.45) is 0.848. The maximum absolute atomic E-state index is 12.6. The number of alkyl halides is 3. The molecule has 1 fully saturated rings. The van der Waals surface area contributed by atoms with Gasteiger partial charge in [-0.25, -0.2) is 0 Å².